The first-order chi connectivity index (χ1) is 9.04. The van der Waals surface area contributed by atoms with Crippen LogP contribution in [0.5, 0.6) is 0 Å². The van der Waals surface area contributed by atoms with Crippen LogP contribution < -0.4 is 15.3 Å². The highest BCUT2D eigenvalue weighted by molar-refractivity contribution is 7.83. The number of rotatable bonds is 2. The quantitative estimate of drug-likeness (QED) is 0.790. The number of carbonyl (C=O) groups excluding carboxylic acids is 1. The Morgan fingerprint density at radius 2 is 2.32 bits per heavy atom. The van der Waals surface area contributed by atoms with Gasteiger partial charge in [0.25, 0.3) is 0 Å². The molecule has 0 aliphatic carbocycles. The average Bonchev–Trinajstić information content (AvgIpc) is 2.63. The molecule has 2 atom stereocenters. The molecule has 0 aromatic carbocycles. The van der Waals surface area contributed by atoms with Gasteiger partial charge in [-0.15, -0.1) is 0 Å². The van der Waals surface area contributed by atoms with Gasteiger partial charge in [-0.05, 0) is 19.4 Å². The number of aromatic nitrogens is 2. The summed E-state index contributed by atoms with van der Waals surface area (Å²) in [6.45, 7) is 5.95. The highest BCUT2D eigenvalue weighted by Gasteiger charge is 2.30. The highest BCUT2D eigenvalue weighted by Crippen LogP contribution is 2.18. The minimum absolute atomic E-state index is 0.231. The first-order valence-electron chi connectivity index (χ1n) is 6.08. The molecular formula is C13H17N3O2S. The van der Waals surface area contributed by atoms with Crippen molar-refractivity contribution in [3.05, 3.63) is 28.4 Å². The lowest BCUT2D eigenvalue weighted by atomic mass is 10.0. The van der Waals surface area contributed by atoms with E-state index in [4.69, 9.17) is 0 Å². The van der Waals surface area contributed by atoms with Gasteiger partial charge < -0.3 is 0 Å². The van der Waals surface area contributed by atoms with Crippen LogP contribution in [0.4, 0.5) is 0 Å². The summed E-state index contributed by atoms with van der Waals surface area (Å²) < 4.78 is 15.4. The van der Waals surface area contributed by atoms with Gasteiger partial charge in [0.2, 0.25) is 5.91 Å². The van der Waals surface area contributed by atoms with E-state index in [9.17, 15) is 9.00 Å². The summed E-state index contributed by atoms with van der Waals surface area (Å²) in [6.07, 6.45) is 6.28. The summed E-state index contributed by atoms with van der Waals surface area (Å²) in [7, 11) is 0.578. The molecule has 1 aromatic heterocycles. The summed E-state index contributed by atoms with van der Waals surface area (Å²) in [4.78, 5) is 11.9. The van der Waals surface area contributed by atoms with E-state index in [1.165, 1.54) is 0 Å². The Hall–Kier alpha value is -1.69. The lowest BCUT2D eigenvalue weighted by Gasteiger charge is -2.19. The average molecular weight is 279 g/mol. The Kier molecular flexibility index (Phi) is 3.99. The second-order valence-corrected chi connectivity index (χ2v) is 5.73. The predicted octanol–water partition coefficient (Wildman–Crippen LogP) is -0.546. The second kappa shape index (κ2) is 5.52. The molecule has 1 aliphatic heterocycles. The standard InChI is InChI=1S/C13H17N3O2S/c1-4-5-6-11-9(2)12(14-16(11)3)10-7-8-19(18)15-13(10)17/h4-6,10H,2,7-8H2,1,3H3,(H,15,17)/b5-4-,11-6+. The molecule has 2 heterocycles. The van der Waals surface area contributed by atoms with Gasteiger partial charge in [-0.2, -0.15) is 5.10 Å². The van der Waals surface area contributed by atoms with Crippen LogP contribution in [0.2, 0.25) is 0 Å². The third kappa shape index (κ3) is 2.68. The van der Waals surface area contributed by atoms with E-state index < -0.39 is 11.0 Å². The monoisotopic (exact) mass is 279 g/mol. The first kappa shape index (κ1) is 13.7. The van der Waals surface area contributed by atoms with Crippen LogP contribution in [0.1, 0.15) is 25.0 Å². The number of carbonyl (C=O) groups is 1. The molecule has 1 aromatic rings. The van der Waals surface area contributed by atoms with E-state index in [-0.39, 0.29) is 11.8 Å². The third-order valence-corrected chi connectivity index (χ3v) is 4.16. The van der Waals surface area contributed by atoms with E-state index in [0.717, 1.165) is 10.6 Å². The van der Waals surface area contributed by atoms with Gasteiger partial charge >= 0.3 is 0 Å². The molecule has 2 unspecified atom stereocenters. The number of aryl methyl sites for hydroxylation is 1. The number of nitrogens with one attached hydrogen (secondary N) is 1. The summed E-state index contributed by atoms with van der Waals surface area (Å²) in [5.41, 5.74) is 0.674. The van der Waals surface area contributed by atoms with E-state index in [1.54, 1.807) is 4.68 Å². The summed E-state index contributed by atoms with van der Waals surface area (Å²) in [5.74, 6) is -0.130. The van der Waals surface area contributed by atoms with Gasteiger partial charge in [0, 0.05) is 18.0 Å². The van der Waals surface area contributed by atoms with E-state index in [1.807, 2.05) is 32.2 Å². The van der Waals surface area contributed by atoms with Gasteiger partial charge in [0.15, 0.2) is 0 Å². The Morgan fingerprint density at radius 3 is 2.95 bits per heavy atom. The van der Waals surface area contributed by atoms with Crippen molar-refractivity contribution in [3.8, 4) is 0 Å². The Labute approximate surface area is 114 Å². The van der Waals surface area contributed by atoms with E-state index >= 15 is 0 Å². The van der Waals surface area contributed by atoms with Crippen LogP contribution in [-0.2, 0) is 22.8 Å². The zero-order valence-electron chi connectivity index (χ0n) is 11.0. The Balaban J connectivity index is 2.45. The van der Waals surface area contributed by atoms with Crippen molar-refractivity contribution in [2.75, 3.05) is 5.75 Å². The van der Waals surface area contributed by atoms with Crippen molar-refractivity contribution in [3.63, 3.8) is 0 Å². The zero-order chi connectivity index (χ0) is 14.0. The first-order valence-corrected chi connectivity index (χ1v) is 7.40. The molecule has 0 spiro atoms. The van der Waals surface area contributed by atoms with Crippen molar-refractivity contribution in [1.82, 2.24) is 14.5 Å². The number of amides is 1. The van der Waals surface area contributed by atoms with Gasteiger partial charge in [0.1, 0.15) is 11.0 Å². The molecule has 1 saturated heterocycles. The summed E-state index contributed by atoms with van der Waals surface area (Å²) >= 11 is 0. The number of allylic oxidation sites excluding steroid dienone is 2. The second-order valence-electron chi connectivity index (χ2n) is 4.42. The summed E-state index contributed by atoms with van der Waals surface area (Å²) in [5, 5.41) is 6.03. The highest BCUT2D eigenvalue weighted by atomic mass is 32.2. The smallest absolute Gasteiger partial charge is 0.240 e. The van der Waals surface area contributed by atoms with Crippen molar-refractivity contribution in [2.24, 2.45) is 7.05 Å². The maximum atomic E-state index is 11.9. The Bertz CT molecular complexity index is 660. The third-order valence-electron chi connectivity index (χ3n) is 3.12. The molecule has 102 valence electrons. The molecule has 2 rings (SSSR count). The van der Waals surface area contributed by atoms with Crippen LogP contribution in [0.15, 0.2) is 12.2 Å². The van der Waals surface area contributed by atoms with Crippen LogP contribution >= 0.6 is 0 Å². The largest absolute Gasteiger partial charge is 0.275 e. The number of hydrogen-bond donors (Lipinski definition) is 1. The number of hydrogen-bond acceptors (Lipinski definition) is 3. The fraction of sp³-hybridized carbons (Fsp3) is 0.385. The van der Waals surface area contributed by atoms with Crippen molar-refractivity contribution in [1.29, 1.82) is 0 Å². The van der Waals surface area contributed by atoms with Gasteiger partial charge in [0.05, 0.1) is 17.0 Å². The molecule has 6 heteroatoms. The Morgan fingerprint density at radius 1 is 1.58 bits per heavy atom. The minimum Gasteiger partial charge on any atom is -0.275 e. The van der Waals surface area contributed by atoms with Crippen LogP contribution in [-0.4, -0.2) is 25.6 Å². The zero-order valence-corrected chi connectivity index (χ0v) is 11.9. The molecule has 0 saturated carbocycles. The maximum absolute atomic E-state index is 11.9. The molecular weight excluding hydrogens is 262 g/mol. The molecule has 19 heavy (non-hydrogen) atoms. The van der Waals surface area contributed by atoms with Crippen molar-refractivity contribution < 1.29 is 9.00 Å². The lowest BCUT2D eigenvalue weighted by molar-refractivity contribution is -0.121. The normalized spacial score (nSPS) is 24.9. The SMILES string of the molecule is C=c1c(C2CCS(=O)NC2=O)nn(C)/c1=C/C=C\C. The molecule has 1 aliphatic rings. The molecule has 1 amide bonds. The van der Waals surface area contributed by atoms with E-state index in [0.29, 0.717) is 17.9 Å². The van der Waals surface area contributed by atoms with Gasteiger partial charge in [-0.3, -0.25) is 14.2 Å². The van der Waals surface area contributed by atoms with Crippen LogP contribution in [0.3, 0.4) is 0 Å². The fourth-order valence-corrected chi connectivity index (χ4v) is 3.05. The molecule has 0 radical (unpaired) electrons. The van der Waals surface area contributed by atoms with Crippen LogP contribution in [0.25, 0.3) is 12.7 Å². The lowest BCUT2D eigenvalue weighted by Crippen LogP contribution is -2.40. The van der Waals surface area contributed by atoms with Crippen molar-refractivity contribution in [2.45, 2.75) is 19.3 Å². The minimum atomic E-state index is -1.25. The fourth-order valence-electron chi connectivity index (χ4n) is 2.13. The molecule has 1 N–H and O–H groups in total. The van der Waals surface area contributed by atoms with E-state index in [2.05, 4.69) is 16.4 Å². The van der Waals surface area contributed by atoms with Crippen molar-refractivity contribution >= 4 is 29.5 Å². The topological polar surface area (TPSA) is 64.0 Å². The summed E-state index contributed by atoms with van der Waals surface area (Å²) in [6, 6.07) is 0. The maximum Gasteiger partial charge on any atom is 0.240 e. The van der Waals surface area contributed by atoms with Gasteiger partial charge in [-0.1, -0.05) is 18.7 Å². The predicted molar refractivity (Wildman–Crippen MR) is 75.8 cm³/mol. The molecule has 0 bridgehead atoms. The van der Waals surface area contributed by atoms with Gasteiger partial charge in [-0.25, -0.2) is 4.21 Å². The number of nitrogens with zero attached hydrogens (tertiary/aromatic N) is 2. The molecule has 5 nitrogen and oxygen atoms in total. The molecule has 1 fully saturated rings. The van der Waals surface area contributed by atoms with Crippen LogP contribution in [0, 0.1) is 0 Å².